The molecule has 0 saturated carbocycles. The lowest BCUT2D eigenvalue weighted by Crippen LogP contribution is -2.17. The Balaban J connectivity index is 1.76. The minimum atomic E-state index is -0.334. The number of hydrogen-bond acceptors (Lipinski definition) is 4. The predicted octanol–water partition coefficient (Wildman–Crippen LogP) is 6.07. The van der Waals surface area contributed by atoms with Crippen LogP contribution >= 0.6 is 23.2 Å². The highest BCUT2D eigenvalue weighted by Gasteiger charge is 2.13. The molecule has 0 aromatic heterocycles. The maximum absolute atomic E-state index is 12.2. The first kappa shape index (κ1) is 23.4. The Hall–Kier alpha value is -3.28. The molecular weight excluding hydrogens is 447 g/mol. The Morgan fingerprint density at radius 1 is 1.06 bits per heavy atom. The molecule has 0 spiro atoms. The van der Waals surface area contributed by atoms with Gasteiger partial charge in [0.05, 0.1) is 13.3 Å². The van der Waals surface area contributed by atoms with Gasteiger partial charge < -0.3 is 9.47 Å². The number of nitrogens with zero attached hydrogens (tertiary/aromatic N) is 1. The third kappa shape index (κ3) is 6.36. The van der Waals surface area contributed by atoms with Crippen LogP contribution in [0.3, 0.4) is 0 Å². The summed E-state index contributed by atoms with van der Waals surface area (Å²) in [7, 11) is 1.57. The molecule has 32 heavy (non-hydrogen) atoms. The minimum absolute atomic E-state index is 0.334. The normalized spacial score (nSPS) is 10.7. The highest BCUT2D eigenvalue weighted by Crippen LogP contribution is 2.34. The number of ether oxygens (including phenoxy) is 2. The van der Waals surface area contributed by atoms with Crippen LogP contribution in [0.1, 0.15) is 27.0 Å². The van der Waals surface area contributed by atoms with E-state index in [0.717, 1.165) is 16.7 Å². The topological polar surface area (TPSA) is 59.9 Å². The van der Waals surface area contributed by atoms with Gasteiger partial charge in [0.2, 0.25) is 0 Å². The van der Waals surface area contributed by atoms with Gasteiger partial charge in [-0.1, -0.05) is 41.4 Å². The Labute approximate surface area is 197 Å². The zero-order valence-corrected chi connectivity index (χ0v) is 19.0. The molecule has 0 aliphatic rings. The molecule has 0 unspecified atom stereocenters. The molecule has 0 atom stereocenters. The number of hydrogen-bond donors (Lipinski definition) is 1. The second kappa shape index (κ2) is 11.4. The van der Waals surface area contributed by atoms with Crippen molar-refractivity contribution in [1.82, 2.24) is 5.43 Å². The predicted molar refractivity (Wildman–Crippen MR) is 129 cm³/mol. The molecule has 0 aliphatic carbocycles. The van der Waals surface area contributed by atoms with E-state index >= 15 is 0 Å². The summed E-state index contributed by atoms with van der Waals surface area (Å²) in [5.41, 5.74) is 5.58. The molecule has 0 fully saturated rings. The van der Waals surface area contributed by atoms with E-state index < -0.39 is 0 Å². The van der Waals surface area contributed by atoms with Crippen LogP contribution in [0.4, 0.5) is 0 Å². The van der Waals surface area contributed by atoms with Gasteiger partial charge in [-0.2, -0.15) is 5.10 Å². The number of hydrazone groups is 1. The SMILES string of the molecule is C=CCc1cc(/C=N\NC(=O)c2ccc(Cl)cc2)cc(OC)c1OCc1ccc(Cl)cc1. The largest absolute Gasteiger partial charge is 0.493 e. The lowest BCUT2D eigenvalue weighted by atomic mass is 10.1. The molecule has 3 rings (SSSR count). The number of carbonyl (C=O) groups is 1. The number of benzene rings is 3. The van der Waals surface area contributed by atoms with Crippen molar-refractivity contribution in [3.8, 4) is 11.5 Å². The van der Waals surface area contributed by atoms with Crippen LogP contribution < -0.4 is 14.9 Å². The second-order valence-electron chi connectivity index (χ2n) is 6.83. The molecule has 3 aromatic rings. The molecule has 0 bridgehead atoms. The molecule has 7 heteroatoms. The number of allylic oxidation sites excluding steroid dienone is 1. The molecule has 0 radical (unpaired) electrons. The van der Waals surface area contributed by atoms with Gasteiger partial charge >= 0.3 is 0 Å². The van der Waals surface area contributed by atoms with Crippen molar-refractivity contribution >= 4 is 35.3 Å². The number of rotatable bonds is 9. The monoisotopic (exact) mass is 468 g/mol. The van der Waals surface area contributed by atoms with Crippen LogP contribution in [0.15, 0.2) is 78.4 Å². The fourth-order valence-electron chi connectivity index (χ4n) is 2.95. The number of carbonyl (C=O) groups excluding carboxylic acids is 1. The van der Waals surface area contributed by atoms with Crippen molar-refractivity contribution < 1.29 is 14.3 Å². The zero-order valence-electron chi connectivity index (χ0n) is 17.5. The molecule has 0 saturated heterocycles. The highest BCUT2D eigenvalue weighted by molar-refractivity contribution is 6.30. The molecule has 164 valence electrons. The summed E-state index contributed by atoms with van der Waals surface area (Å²) in [4.78, 5) is 12.2. The first-order valence-corrected chi connectivity index (χ1v) is 10.5. The number of amides is 1. The molecule has 1 N–H and O–H groups in total. The number of nitrogens with one attached hydrogen (secondary N) is 1. The minimum Gasteiger partial charge on any atom is -0.493 e. The van der Waals surface area contributed by atoms with Crippen LogP contribution in [-0.4, -0.2) is 19.2 Å². The van der Waals surface area contributed by atoms with E-state index in [0.29, 0.717) is 40.1 Å². The molecule has 5 nitrogen and oxygen atoms in total. The molecular formula is C25H22Cl2N2O3. The third-order valence-corrected chi connectivity index (χ3v) is 5.02. The average molecular weight is 469 g/mol. The van der Waals surface area contributed by atoms with E-state index in [1.807, 2.05) is 30.3 Å². The summed E-state index contributed by atoms with van der Waals surface area (Å²) in [6.07, 6.45) is 3.91. The van der Waals surface area contributed by atoms with Gasteiger partial charge in [0.15, 0.2) is 11.5 Å². The van der Waals surface area contributed by atoms with E-state index in [9.17, 15) is 4.79 Å². The highest BCUT2D eigenvalue weighted by atomic mass is 35.5. The standard InChI is InChI=1S/C25H22Cl2N2O3/c1-3-4-20-13-18(15-28-29-25(30)19-7-11-22(27)12-8-19)14-23(31-2)24(20)32-16-17-5-9-21(26)10-6-17/h3,5-15H,1,4,16H2,2H3,(H,29,30)/b28-15-. The van der Waals surface area contributed by atoms with Crippen molar-refractivity contribution in [2.45, 2.75) is 13.0 Å². The molecule has 1 amide bonds. The molecule has 3 aromatic carbocycles. The van der Waals surface area contributed by atoms with Crippen molar-refractivity contribution in [2.75, 3.05) is 7.11 Å². The third-order valence-electron chi connectivity index (χ3n) is 4.52. The summed E-state index contributed by atoms with van der Waals surface area (Å²) >= 11 is 11.8. The number of methoxy groups -OCH3 is 1. The van der Waals surface area contributed by atoms with Crippen LogP contribution in [0, 0.1) is 0 Å². The second-order valence-corrected chi connectivity index (χ2v) is 7.70. The van der Waals surface area contributed by atoms with Crippen molar-refractivity contribution in [2.24, 2.45) is 5.10 Å². The average Bonchev–Trinajstić information content (AvgIpc) is 2.79. The fraction of sp³-hybridized carbons (Fsp3) is 0.120. The van der Waals surface area contributed by atoms with Gasteiger partial charge in [0.1, 0.15) is 6.61 Å². The van der Waals surface area contributed by atoms with Crippen LogP contribution in [-0.2, 0) is 13.0 Å². The first-order chi connectivity index (χ1) is 15.5. The molecule has 0 heterocycles. The van der Waals surface area contributed by atoms with E-state index in [2.05, 4.69) is 17.1 Å². The van der Waals surface area contributed by atoms with Gasteiger partial charge in [-0.05, 0) is 66.1 Å². The van der Waals surface area contributed by atoms with Crippen molar-refractivity contribution in [1.29, 1.82) is 0 Å². The van der Waals surface area contributed by atoms with Crippen molar-refractivity contribution in [3.05, 3.63) is 106 Å². The van der Waals surface area contributed by atoms with Gasteiger partial charge in [0.25, 0.3) is 5.91 Å². The smallest absolute Gasteiger partial charge is 0.271 e. The summed E-state index contributed by atoms with van der Waals surface area (Å²) in [6.45, 7) is 4.19. The van der Waals surface area contributed by atoms with E-state index in [1.165, 1.54) is 0 Å². The van der Waals surface area contributed by atoms with Gasteiger partial charge in [-0.3, -0.25) is 4.79 Å². The Morgan fingerprint density at radius 3 is 2.34 bits per heavy atom. The maximum atomic E-state index is 12.2. The Bertz CT molecular complexity index is 1110. The Kier molecular flexibility index (Phi) is 8.31. The first-order valence-electron chi connectivity index (χ1n) is 9.78. The lowest BCUT2D eigenvalue weighted by Gasteiger charge is -2.16. The summed E-state index contributed by atoms with van der Waals surface area (Å²) in [5, 5.41) is 5.29. The zero-order chi connectivity index (χ0) is 22.9. The van der Waals surface area contributed by atoms with Crippen LogP contribution in [0.25, 0.3) is 0 Å². The van der Waals surface area contributed by atoms with Gasteiger partial charge in [-0.15, -0.1) is 6.58 Å². The van der Waals surface area contributed by atoms with Crippen molar-refractivity contribution in [3.63, 3.8) is 0 Å². The molecule has 0 aliphatic heterocycles. The van der Waals surface area contributed by atoms with Gasteiger partial charge in [-0.25, -0.2) is 5.43 Å². The van der Waals surface area contributed by atoms with E-state index in [1.54, 1.807) is 49.7 Å². The fourth-order valence-corrected chi connectivity index (χ4v) is 3.20. The quantitative estimate of drug-likeness (QED) is 0.235. The summed E-state index contributed by atoms with van der Waals surface area (Å²) in [5.74, 6) is 0.854. The van der Waals surface area contributed by atoms with Crippen LogP contribution in [0.5, 0.6) is 11.5 Å². The number of halogens is 2. The van der Waals surface area contributed by atoms with E-state index in [4.69, 9.17) is 32.7 Å². The van der Waals surface area contributed by atoms with E-state index in [-0.39, 0.29) is 5.91 Å². The Morgan fingerprint density at radius 2 is 1.72 bits per heavy atom. The van der Waals surface area contributed by atoms with Crippen LogP contribution in [0.2, 0.25) is 10.0 Å². The summed E-state index contributed by atoms with van der Waals surface area (Å²) in [6, 6.07) is 17.7. The maximum Gasteiger partial charge on any atom is 0.271 e. The summed E-state index contributed by atoms with van der Waals surface area (Å²) < 4.78 is 11.6. The van der Waals surface area contributed by atoms with Gasteiger partial charge in [0, 0.05) is 21.2 Å². The lowest BCUT2D eigenvalue weighted by molar-refractivity contribution is 0.0955.